The maximum Gasteiger partial charge on any atom is 0.236 e. The Hall–Kier alpha value is -2.99. The minimum absolute atomic E-state index is 0.0507. The van der Waals surface area contributed by atoms with Gasteiger partial charge in [0.15, 0.2) is 0 Å². The number of hydrogen-bond donors (Lipinski definition) is 0. The van der Waals surface area contributed by atoms with Gasteiger partial charge in [0.25, 0.3) is 0 Å². The number of furan rings is 2. The lowest BCUT2D eigenvalue weighted by molar-refractivity contribution is -0.132. The van der Waals surface area contributed by atoms with Gasteiger partial charge >= 0.3 is 0 Å². The molecule has 6 heteroatoms. The molecule has 0 aliphatic carbocycles. The number of nitrogens with zero attached hydrogens (tertiary/aromatic N) is 3. The summed E-state index contributed by atoms with van der Waals surface area (Å²) >= 11 is 0. The van der Waals surface area contributed by atoms with E-state index in [2.05, 4.69) is 29.2 Å². The molecule has 1 aromatic carbocycles. The number of carbonyl (C=O) groups is 1. The first-order valence-corrected chi connectivity index (χ1v) is 9.28. The van der Waals surface area contributed by atoms with Crippen LogP contribution in [0.4, 0.5) is 5.69 Å². The zero-order valence-electron chi connectivity index (χ0n) is 16.7. The van der Waals surface area contributed by atoms with Crippen LogP contribution in [-0.2, 0) is 24.4 Å². The van der Waals surface area contributed by atoms with Crippen molar-refractivity contribution >= 4 is 11.6 Å². The van der Waals surface area contributed by atoms with Crippen molar-refractivity contribution in [3.8, 4) is 0 Å². The Balaban J connectivity index is 1.61. The average molecular weight is 381 g/mol. The Bertz CT molecular complexity index is 804. The summed E-state index contributed by atoms with van der Waals surface area (Å²) in [6.45, 7) is 1.95. The predicted molar refractivity (Wildman–Crippen MR) is 109 cm³/mol. The molecule has 0 aliphatic heterocycles. The molecule has 3 rings (SSSR count). The summed E-state index contributed by atoms with van der Waals surface area (Å²) in [5.74, 6) is 1.69. The number of rotatable bonds is 9. The fraction of sp³-hybridized carbons (Fsp3) is 0.318. The molecule has 0 saturated carbocycles. The van der Waals surface area contributed by atoms with E-state index in [1.165, 1.54) is 0 Å². The summed E-state index contributed by atoms with van der Waals surface area (Å²) in [5, 5.41) is 0. The zero-order valence-corrected chi connectivity index (χ0v) is 16.7. The molecule has 0 N–H and O–H groups in total. The van der Waals surface area contributed by atoms with Crippen LogP contribution in [0.5, 0.6) is 0 Å². The first-order chi connectivity index (χ1) is 13.5. The van der Waals surface area contributed by atoms with Crippen molar-refractivity contribution < 1.29 is 13.6 Å². The van der Waals surface area contributed by atoms with E-state index in [1.807, 2.05) is 50.3 Å². The summed E-state index contributed by atoms with van der Waals surface area (Å²) in [5.41, 5.74) is 2.24. The monoisotopic (exact) mass is 381 g/mol. The van der Waals surface area contributed by atoms with Gasteiger partial charge in [-0.25, -0.2) is 0 Å². The zero-order chi connectivity index (χ0) is 19.9. The van der Waals surface area contributed by atoms with E-state index in [9.17, 15) is 4.79 Å². The number of hydrogen-bond acceptors (Lipinski definition) is 5. The molecular formula is C22H27N3O3. The highest BCUT2D eigenvalue weighted by Gasteiger charge is 2.17. The van der Waals surface area contributed by atoms with Crippen LogP contribution in [0.25, 0.3) is 0 Å². The molecule has 0 spiro atoms. The molecule has 2 heterocycles. The van der Waals surface area contributed by atoms with Gasteiger partial charge in [-0.05, 0) is 42.0 Å². The van der Waals surface area contributed by atoms with E-state index in [1.54, 1.807) is 17.4 Å². The van der Waals surface area contributed by atoms with E-state index in [4.69, 9.17) is 8.83 Å². The van der Waals surface area contributed by atoms with Crippen LogP contribution in [0.2, 0.25) is 0 Å². The van der Waals surface area contributed by atoms with Crippen molar-refractivity contribution in [1.29, 1.82) is 0 Å². The van der Waals surface area contributed by atoms with Crippen LogP contribution in [0.3, 0.4) is 0 Å². The second-order valence-corrected chi connectivity index (χ2v) is 7.11. The van der Waals surface area contributed by atoms with Gasteiger partial charge in [-0.15, -0.1) is 0 Å². The second kappa shape index (κ2) is 9.28. The van der Waals surface area contributed by atoms with Crippen molar-refractivity contribution in [3.63, 3.8) is 0 Å². The van der Waals surface area contributed by atoms with Gasteiger partial charge < -0.3 is 18.6 Å². The summed E-state index contributed by atoms with van der Waals surface area (Å²) in [6, 6.07) is 15.8. The lowest BCUT2D eigenvalue weighted by atomic mass is 10.2. The Morgan fingerprint density at radius 1 is 0.821 bits per heavy atom. The minimum atomic E-state index is 0.0507. The molecule has 1 amide bonds. The third-order valence-corrected chi connectivity index (χ3v) is 4.58. The van der Waals surface area contributed by atoms with Gasteiger partial charge in [0.2, 0.25) is 5.91 Å². The first-order valence-electron chi connectivity index (χ1n) is 9.28. The maximum absolute atomic E-state index is 12.8. The molecule has 0 radical (unpaired) electrons. The van der Waals surface area contributed by atoms with Crippen molar-refractivity contribution in [2.24, 2.45) is 0 Å². The van der Waals surface area contributed by atoms with Crippen LogP contribution < -0.4 is 4.90 Å². The number of likely N-dealkylation sites (N-methyl/N-ethyl adjacent to an activating group) is 1. The van der Waals surface area contributed by atoms with Crippen molar-refractivity contribution in [2.45, 2.75) is 19.6 Å². The molecule has 2 aromatic heterocycles. The van der Waals surface area contributed by atoms with Gasteiger partial charge in [0.05, 0.1) is 32.2 Å². The van der Waals surface area contributed by atoms with Crippen LogP contribution in [0.1, 0.15) is 17.1 Å². The molecule has 3 aromatic rings. The van der Waals surface area contributed by atoms with Crippen LogP contribution in [-0.4, -0.2) is 43.4 Å². The molecule has 0 aliphatic rings. The molecular weight excluding hydrogens is 354 g/mol. The Morgan fingerprint density at radius 2 is 1.39 bits per heavy atom. The topological polar surface area (TPSA) is 53.1 Å². The van der Waals surface area contributed by atoms with Crippen LogP contribution in [0, 0.1) is 0 Å². The Kier molecular flexibility index (Phi) is 6.55. The molecule has 0 bridgehead atoms. The molecule has 0 fully saturated rings. The normalized spacial score (nSPS) is 11.0. The quantitative estimate of drug-likeness (QED) is 0.567. The van der Waals surface area contributed by atoms with E-state index < -0.39 is 0 Å². The highest BCUT2D eigenvalue weighted by molar-refractivity contribution is 5.78. The lowest BCUT2D eigenvalue weighted by Crippen LogP contribution is -2.37. The van der Waals surface area contributed by atoms with E-state index in [-0.39, 0.29) is 12.5 Å². The highest BCUT2D eigenvalue weighted by atomic mass is 16.3. The Labute approximate surface area is 165 Å². The smallest absolute Gasteiger partial charge is 0.236 e. The summed E-state index contributed by atoms with van der Waals surface area (Å²) in [4.78, 5) is 18.6. The van der Waals surface area contributed by atoms with Crippen LogP contribution in [0.15, 0.2) is 69.9 Å². The van der Waals surface area contributed by atoms with Crippen molar-refractivity contribution in [1.82, 2.24) is 9.80 Å². The Morgan fingerprint density at radius 3 is 1.86 bits per heavy atom. The lowest BCUT2D eigenvalue weighted by Gasteiger charge is -2.24. The molecule has 0 atom stereocenters. The number of carbonyl (C=O) groups excluding carboxylic acids is 1. The fourth-order valence-electron chi connectivity index (χ4n) is 2.99. The molecule has 28 heavy (non-hydrogen) atoms. The van der Waals surface area contributed by atoms with E-state index >= 15 is 0 Å². The van der Waals surface area contributed by atoms with Gasteiger partial charge in [-0.1, -0.05) is 12.1 Å². The van der Waals surface area contributed by atoms with Crippen LogP contribution >= 0.6 is 0 Å². The standard InChI is InChI=1S/C22H27N3O3/c1-23(2)19-10-8-18(9-11-19)14-24(3)22(26)17-25(15-20-6-4-12-27-20)16-21-7-5-13-28-21/h4-13H,14-17H2,1-3H3. The van der Waals surface area contributed by atoms with Crippen molar-refractivity contribution in [2.75, 3.05) is 32.6 Å². The van der Waals surface area contributed by atoms with Gasteiger partial charge in [-0.2, -0.15) is 0 Å². The van der Waals surface area contributed by atoms with Gasteiger partial charge in [0, 0.05) is 33.4 Å². The summed E-state index contributed by atoms with van der Waals surface area (Å²) in [7, 11) is 5.86. The number of benzene rings is 1. The van der Waals surface area contributed by atoms with E-state index in [0.29, 0.717) is 19.6 Å². The van der Waals surface area contributed by atoms with Crippen molar-refractivity contribution in [3.05, 3.63) is 78.1 Å². The molecule has 0 saturated heterocycles. The second-order valence-electron chi connectivity index (χ2n) is 7.11. The van der Waals surface area contributed by atoms with E-state index in [0.717, 1.165) is 22.8 Å². The number of anilines is 1. The fourth-order valence-corrected chi connectivity index (χ4v) is 2.99. The largest absolute Gasteiger partial charge is 0.468 e. The number of amides is 1. The highest BCUT2D eigenvalue weighted by Crippen LogP contribution is 2.15. The summed E-state index contributed by atoms with van der Waals surface area (Å²) < 4.78 is 10.9. The third kappa shape index (κ3) is 5.50. The molecule has 0 unspecified atom stereocenters. The third-order valence-electron chi connectivity index (χ3n) is 4.58. The van der Waals surface area contributed by atoms with Gasteiger partial charge in [0.1, 0.15) is 11.5 Å². The van der Waals surface area contributed by atoms with Gasteiger partial charge in [-0.3, -0.25) is 9.69 Å². The summed E-state index contributed by atoms with van der Waals surface area (Å²) in [6.07, 6.45) is 3.29. The SMILES string of the molecule is CN(Cc1ccc(N(C)C)cc1)C(=O)CN(Cc1ccco1)Cc1ccco1. The predicted octanol–water partition coefficient (Wildman–Crippen LogP) is 3.60. The minimum Gasteiger partial charge on any atom is -0.468 e. The maximum atomic E-state index is 12.8. The first kappa shape index (κ1) is 19.8. The molecule has 6 nitrogen and oxygen atoms in total. The average Bonchev–Trinajstić information content (AvgIpc) is 3.36. The molecule has 148 valence electrons.